The van der Waals surface area contributed by atoms with Crippen molar-refractivity contribution in [2.75, 3.05) is 0 Å². The summed E-state index contributed by atoms with van der Waals surface area (Å²) < 4.78 is 0. The van der Waals surface area contributed by atoms with Crippen LogP contribution in [0, 0.1) is 0 Å². The Kier molecular flexibility index (Phi) is 7.78. The van der Waals surface area contributed by atoms with Gasteiger partial charge in [-0.15, -0.1) is 0 Å². The van der Waals surface area contributed by atoms with Crippen molar-refractivity contribution in [3.63, 3.8) is 0 Å². The van der Waals surface area contributed by atoms with Crippen LogP contribution in [0.5, 0.6) is 0 Å². The monoisotopic (exact) mass is 176 g/mol. The zero-order valence-electron chi connectivity index (χ0n) is 7.87. The van der Waals surface area contributed by atoms with Crippen LogP contribution in [0.2, 0.25) is 0 Å². The highest BCUT2D eigenvalue weighted by Gasteiger charge is 2.06. The minimum absolute atomic E-state index is 0.403. The molecular formula is C8H16O4. The van der Waals surface area contributed by atoms with Gasteiger partial charge in [0.1, 0.15) is 0 Å². The van der Waals surface area contributed by atoms with E-state index < -0.39 is 11.6 Å². The molecule has 0 aliphatic rings. The van der Waals surface area contributed by atoms with E-state index in [9.17, 15) is 4.79 Å². The Morgan fingerprint density at radius 3 is 1.75 bits per heavy atom. The molecule has 0 atom stereocenters. The maximum absolute atomic E-state index is 9.51. The van der Waals surface area contributed by atoms with E-state index in [1.807, 2.05) is 0 Å². The van der Waals surface area contributed by atoms with Crippen LogP contribution in [0.25, 0.3) is 0 Å². The maximum atomic E-state index is 9.51. The van der Waals surface area contributed by atoms with Gasteiger partial charge in [-0.3, -0.25) is 5.26 Å². The van der Waals surface area contributed by atoms with Crippen molar-refractivity contribution in [2.24, 2.45) is 0 Å². The molecular weight excluding hydrogens is 160 g/mol. The average Bonchev–Trinajstić information content (AvgIpc) is 1.87. The number of carbonyl (C=O) groups is 1. The second-order valence-corrected chi connectivity index (χ2v) is 3.04. The molecule has 0 rings (SSSR count). The van der Waals surface area contributed by atoms with Gasteiger partial charge in [-0.2, -0.15) is 0 Å². The highest BCUT2D eigenvalue weighted by atomic mass is 17.1. The average molecular weight is 176 g/mol. The summed E-state index contributed by atoms with van der Waals surface area (Å²) in [6, 6.07) is 0. The van der Waals surface area contributed by atoms with Gasteiger partial charge in [0, 0.05) is 6.08 Å². The maximum Gasteiger partial charge on any atom is 0.327 e. The van der Waals surface area contributed by atoms with Crippen molar-refractivity contribution in [1.82, 2.24) is 0 Å². The first-order valence-electron chi connectivity index (χ1n) is 3.51. The Morgan fingerprint density at radius 2 is 1.75 bits per heavy atom. The minimum atomic E-state index is -0.891. The SMILES string of the molecule is CC(C)(C)OO.CC=CC(=O)O. The van der Waals surface area contributed by atoms with E-state index in [4.69, 9.17) is 10.4 Å². The first kappa shape index (κ1) is 13.7. The minimum Gasteiger partial charge on any atom is -0.478 e. The molecule has 0 heterocycles. The van der Waals surface area contributed by atoms with Crippen LogP contribution in [0.3, 0.4) is 0 Å². The summed E-state index contributed by atoms with van der Waals surface area (Å²) in [7, 11) is 0. The fourth-order valence-electron chi connectivity index (χ4n) is 0.143. The molecule has 0 bridgehead atoms. The summed E-state index contributed by atoms with van der Waals surface area (Å²) >= 11 is 0. The van der Waals surface area contributed by atoms with E-state index >= 15 is 0 Å². The van der Waals surface area contributed by atoms with Crippen molar-refractivity contribution >= 4 is 5.97 Å². The smallest absolute Gasteiger partial charge is 0.327 e. The van der Waals surface area contributed by atoms with Gasteiger partial charge in [0.05, 0.1) is 5.60 Å². The molecule has 0 saturated heterocycles. The molecule has 0 aliphatic heterocycles. The van der Waals surface area contributed by atoms with Crippen molar-refractivity contribution in [2.45, 2.75) is 33.3 Å². The molecule has 0 aromatic rings. The van der Waals surface area contributed by atoms with Crippen LogP contribution < -0.4 is 0 Å². The van der Waals surface area contributed by atoms with Crippen molar-refractivity contribution < 1.29 is 20.0 Å². The van der Waals surface area contributed by atoms with Crippen LogP contribution in [0.1, 0.15) is 27.7 Å². The quantitative estimate of drug-likeness (QED) is 0.364. The molecule has 0 aromatic heterocycles. The molecule has 0 spiro atoms. The molecule has 0 fully saturated rings. The molecule has 0 amide bonds. The van der Waals surface area contributed by atoms with Crippen molar-refractivity contribution in [3.05, 3.63) is 12.2 Å². The molecule has 12 heavy (non-hydrogen) atoms. The third-order valence-electron chi connectivity index (χ3n) is 0.583. The lowest BCUT2D eigenvalue weighted by molar-refractivity contribution is -0.306. The Hall–Kier alpha value is -0.870. The first-order valence-corrected chi connectivity index (χ1v) is 3.51. The molecule has 0 radical (unpaired) electrons. The van der Waals surface area contributed by atoms with Gasteiger partial charge in [0.15, 0.2) is 0 Å². The highest BCUT2D eigenvalue weighted by molar-refractivity contribution is 5.79. The van der Waals surface area contributed by atoms with Crippen LogP contribution in [0.4, 0.5) is 0 Å². The van der Waals surface area contributed by atoms with E-state index in [-0.39, 0.29) is 0 Å². The third-order valence-corrected chi connectivity index (χ3v) is 0.583. The predicted molar refractivity (Wildman–Crippen MR) is 45.9 cm³/mol. The number of hydrogen-bond acceptors (Lipinski definition) is 3. The number of aliphatic carboxylic acids is 1. The van der Waals surface area contributed by atoms with E-state index in [0.717, 1.165) is 6.08 Å². The molecule has 0 unspecified atom stereocenters. The molecule has 4 heteroatoms. The van der Waals surface area contributed by atoms with Crippen LogP contribution >= 0.6 is 0 Å². The predicted octanol–water partition coefficient (Wildman–Crippen LogP) is 1.92. The Labute approximate surface area is 72.4 Å². The van der Waals surface area contributed by atoms with Gasteiger partial charge in [0.25, 0.3) is 0 Å². The van der Waals surface area contributed by atoms with Crippen molar-refractivity contribution in [3.8, 4) is 0 Å². The Bertz CT molecular complexity index is 144. The van der Waals surface area contributed by atoms with Gasteiger partial charge < -0.3 is 5.11 Å². The number of carboxylic acids is 1. The van der Waals surface area contributed by atoms with Gasteiger partial charge in [-0.1, -0.05) is 6.08 Å². The van der Waals surface area contributed by atoms with E-state index in [1.54, 1.807) is 27.7 Å². The van der Waals surface area contributed by atoms with Crippen LogP contribution in [0.15, 0.2) is 12.2 Å². The highest BCUT2D eigenvalue weighted by Crippen LogP contribution is 2.01. The number of rotatable bonds is 1. The molecule has 0 saturated carbocycles. The van der Waals surface area contributed by atoms with Crippen LogP contribution in [-0.2, 0) is 9.68 Å². The lowest BCUT2D eigenvalue weighted by Crippen LogP contribution is -2.15. The summed E-state index contributed by atoms with van der Waals surface area (Å²) in [6.45, 7) is 6.97. The fraction of sp³-hybridized carbons (Fsp3) is 0.625. The number of hydrogen-bond donors (Lipinski definition) is 2. The summed E-state index contributed by atoms with van der Waals surface area (Å²) in [6.07, 6.45) is 2.56. The topological polar surface area (TPSA) is 66.8 Å². The Balaban J connectivity index is 0. The lowest BCUT2D eigenvalue weighted by atomic mass is 10.2. The van der Waals surface area contributed by atoms with Gasteiger partial charge >= 0.3 is 5.97 Å². The van der Waals surface area contributed by atoms with Crippen molar-refractivity contribution in [1.29, 1.82) is 0 Å². The normalized spacial score (nSPS) is 10.8. The molecule has 0 aromatic carbocycles. The molecule has 72 valence electrons. The van der Waals surface area contributed by atoms with E-state index in [1.165, 1.54) is 6.08 Å². The Morgan fingerprint density at radius 1 is 1.42 bits per heavy atom. The zero-order valence-corrected chi connectivity index (χ0v) is 7.87. The lowest BCUT2D eigenvalue weighted by Gasteiger charge is -2.10. The number of carboxylic acid groups (broad SMARTS) is 1. The van der Waals surface area contributed by atoms with Gasteiger partial charge in [-0.25, -0.2) is 9.68 Å². The molecule has 2 N–H and O–H groups in total. The van der Waals surface area contributed by atoms with E-state index in [0.29, 0.717) is 0 Å². The zero-order chi connectivity index (χ0) is 10.2. The largest absolute Gasteiger partial charge is 0.478 e. The van der Waals surface area contributed by atoms with Crippen LogP contribution in [-0.4, -0.2) is 21.9 Å². The number of allylic oxidation sites excluding steroid dienone is 1. The first-order chi connectivity index (χ1) is 5.33. The molecule has 0 aliphatic carbocycles. The second-order valence-electron chi connectivity index (χ2n) is 3.04. The third kappa shape index (κ3) is 22.9. The summed E-state index contributed by atoms with van der Waals surface area (Å²) in [5.41, 5.74) is -0.403. The summed E-state index contributed by atoms with van der Waals surface area (Å²) in [5, 5.41) is 15.7. The van der Waals surface area contributed by atoms with E-state index in [2.05, 4.69) is 4.89 Å². The summed E-state index contributed by atoms with van der Waals surface area (Å²) in [4.78, 5) is 13.4. The second kappa shape index (κ2) is 6.82. The standard InChI is InChI=1S/C4H10O2.C4H6O2/c1-4(2,3)6-5;1-2-3-4(5)6/h5H,1-3H3;2-3H,1H3,(H,5,6). The van der Waals surface area contributed by atoms with Gasteiger partial charge in [0.2, 0.25) is 0 Å². The van der Waals surface area contributed by atoms with Gasteiger partial charge in [-0.05, 0) is 27.7 Å². The fourth-order valence-corrected chi connectivity index (χ4v) is 0.143. The summed E-state index contributed by atoms with van der Waals surface area (Å²) in [5.74, 6) is -0.891. The molecule has 4 nitrogen and oxygen atoms in total.